The Morgan fingerprint density at radius 3 is 2.58 bits per heavy atom. The molecule has 0 bridgehead atoms. The smallest absolute Gasteiger partial charge is 0.00441 e. The highest BCUT2D eigenvalue weighted by Gasteiger charge is 2.26. The molecule has 2 unspecified atom stereocenters. The minimum Gasteiger partial charge on any atom is -0.328 e. The molecule has 0 aliphatic heterocycles. The Hall–Kier alpha value is -0.820. The quantitative estimate of drug-likeness (QED) is 0.796. The molecule has 2 rings (SSSR count). The number of nitrogens with two attached hydrogens (primary N) is 1. The average Bonchev–Trinajstić information content (AvgIpc) is 2.58. The number of rotatable bonds is 4. The molecule has 1 aromatic carbocycles. The summed E-state index contributed by atoms with van der Waals surface area (Å²) in [6, 6.07) is 11.4. The molecule has 0 radical (unpaired) electrons. The van der Waals surface area contributed by atoms with Gasteiger partial charge in [-0.05, 0) is 49.0 Å². The zero-order valence-electron chi connectivity index (χ0n) is 12.5. The van der Waals surface area contributed by atoms with Crippen molar-refractivity contribution in [3.8, 4) is 0 Å². The summed E-state index contributed by atoms with van der Waals surface area (Å²) in [6.45, 7) is 4.70. The predicted molar refractivity (Wildman–Crippen MR) is 83.0 cm³/mol. The molecule has 2 N–H and O–H groups in total. The second kappa shape index (κ2) is 7.09. The molecular formula is C18H29N. The van der Waals surface area contributed by atoms with Crippen molar-refractivity contribution >= 4 is 0 Å². The molecule has 19 heavy (non-hydrogen) atoms. The van der Waals surface area contributed by atoms with Gasteiger partial charge in [0.25, 0.3) is 0 Å². The zero-order valence-corrected chi connectivity index (χ0v) is 12.5. The first kappa shape index (κ1) is 14.6. The molecule has 1 aromatic rings. The van der Waals surface area contributed by atoms with E-state index < -0.39 is 0 Å². The van der Waals surface area contributed by atoms with Crippen molar-refractivity contribution in [1.29, 1.82) is 0 Å². The maximum atomic E-state index is 6.30. The highest BCUT2D eigenvalue weighted by molar-refractivity contribution is 5.15. The monoisotopic (exact) mass is 259 g/mol. The maximum Gasteiger partial charge on any atom is 0.00441 e. The second-order valence-corrected chi connectivity index (χ2v) is 6.53. The van der Waals surface area contributed by atoms with Crippen LogP contribution in [-0.4, -0.2) is 6.04 Å². The Balaban J connectivity index is 2.00. The standard InChI is InChI=1S/C18H29N/c1-3-16(12-15-7-5-4-6-8-15)17-10-9-14(2)11-18(19)13-17/h4-8,14,16-18H,3,9-13,19H2,1-2H3/t14-,16?,17?,18-/m0/s1. The van der Waals surface area contributed by atoms with Gasteiger partial charge in [-0.1, -0.05) is 57.0 Å². The maximum absolute atomic E-state index is 6.30. The van der Waals surface area contributed by atoms with Crippen molar-refractivity contribution < 1.29 is 0 Å². The summed E-state index contributed by atoms with van der Waals surface area (Å²) in [5, 5.41) is 0. The van der Waals surface area contributed by atoms with Crippen LogP contribution in [0.4, 0.5) is 0 Å². The van der Waals surface area contributed by atoms with Crippen LogP contribution >= 0.6 is 0 Å². The summed E-state index contributed by atoms with van der Waals surface area (Å²) in [5.74, 6) is 2.44. The fourth-order valence-corrected chi connectivity index (χ4v) is 3.73. The van der Waals surface area contributed by atoms with Gasteiger partial charge in [0.15, 0.2) is 0 Å². The molecule has 0 heterocycles. The van der Waals surface area contributed by atoms with Crippen molar-refractivity contribution in [3.05, 3.63) is 35.9 Å². The minimum atomic E-state index is 0.423. The van der Waals surface area contributed by atoms with E-state index in [4.69, 9.17) is 5.73 Å². The van der Waals surface area contributed by atoms with E-state index in [2.05, 4.69) is 44.2 Å². The third kappa shape index (κ3) is 4.35. The third-order valence-electron chi connectivity index (χ3n) is 4.87. The molecule has 1 aliphatic rings. The molecule has 1 aliphatic carbocycles. The fourth-order valence-electron chi connectivity index (χ4n) is 3.73. The first-order valence-corrected chi connectivity index (χ1v) is 7.98. The molecular weight excluding hydrogens is 230 g/mol. The van der Waals surface area contributed by atoms with E-state index in [0.717, 1.165) is 17.8 Å². The zero-order chi connectivity index (χ0) is 13.7. The van der Waals surface area contributed by atoms with Crippen LogP contribution in [0.1, 0.15) is 51.5 Å². The predicted octanol–water partition coefficient (Wildman–Crippen LogP) is 4.41. The molecule has 1 heteroatoms. The van der Waals surface area contributed by atoms with Gasteiger partial charge >= 0.3 is 0 Å². The van der Waals surface area contributed by atoms with Crippen LogP contribution < -0.4 is 5.73 Å². The molecule has 0 amide bonds. The normalized spacial score (nSPS) is 29.7. The van der Waals surface area contributed by atoms with Crippen molar-refractivity contribution in [3.63, 3.8) is 0 Å². The summed E-state index contributed by atoms with van der Waals surface area (Å²) in [6.07, 6.45) is 7.70. The number of benzene rings is 1. The lowest BCUT2D eigenvalue weighted by molar-refractivity contribution is 0.277. The highest BCUT2D eigenvalue weighted by Crippen LogP contribution is 2.34. The lowest BCUT2D eigenvalue weighted by atomic mass is 9.80. The third-order valence-corrected chi connectivity index (χ3v) is 4.87. The number of hydrogen-bond acceptors (Lipinski definition) is 1. The molecule has 1 nitrogen and oxygen atoms in total. The topological polar surface area (TPSA) is 26.0 Å². The SMILES string of the molecule is CCC(Cc1ccccc1)C1CC[C@H](C)C[C@H](N)C1. The van der Waals surface area contributed by atoms with Crippen LogP contribution in [0, 0.1) is 17.8 Å². The van der Waals surface area contributed by atoms with Crippen molar-refractivity contribution in [2.24, 2.45) is 23.5 Å². The summed E-state index contributed by atoms with van der Waals surface area (Å²) < 4.78 is 0. The summed E-state index contributed by atoms with van der Waals surface area (Å²) in [7, 11) is 0. The van der Waals surface area contributed by atoms with E-state index in [1.54, 1.807) is 0 Å². The molecule has 0 spiro atoms. The van der Waals surface area contributed by atoms with E-state index in [-0.39, 0.29) is 0 Å². The van der Waals surface area contributed by atoms with Gasteiger partial charge in [0.1, 0.15) is 0 Å². The summed E-state index contributed by atoms with van der Waals surface area (Å²) >= 11 is 0. The van der Waals surface area contributed by atoms with Crippen LogP contribution in [0.15, 0.2) is 30.3 Å². The lowest BCUT2D eigenvalue weighted by Crippen LogP contribution is -2.26. The van der Waals surface area contributed by atoms with Gasteiger partial charge in [0.2, 0.25) is 0 Å². The van der Waals surface area contributed by atoms with Crippen LogP contribution in [0.3, 0.4) is 0 Å². The van der Waals surface area contributed by atoms with E-state index in [0.29, 0.717) is 6.04 Å². The Kier molecular flexibility index (Phi) is 5.45. The summed E-state index contributed by atoms with van der Waals surface area (Å²) in [4.78, 5) is 0. The molecule has 4 atom stereocenters. The van der Waals surface area contributed by atoms with Crippen molar-refractivity contribution in [1.82, 2.24) is 0 Å². The van der Waals surface area contributed by atoms with Gasteiger partial charge in [0, 0.05) is 6.04 Å². The largest absolute Gasteiger partial charge is 0.328 e. The van der Waals surface area contributed by atoms with Crippen LogP contribution in [0.5, 0.6) is 0 Å². The van der Waals surface area contributed by atoms with Crippen LogP contribution in [-0.2, 0) is 6.42 Å². The van der Waals surface area contributed by atoms with Gasteiger partial charge in [0.05, 0.1) is 0 Å². The Bertz CT molecular complexity index is 359. The molecule has 0 saturated heterocycles. The summed E-state index contributed by atoms with van der Waals surface area (Å²) in [5.41, 5.74) is 7.79. The Morgan fingerprint density at radius 2 is 1.89 bits per heavy atom. The van der Waals surface area contributed by atoms with E-state index in [1.807, 2.05) is 0 Å². The van der Waals surface area contributed by atoms with Gasteiger partial charge < -0.3 is 5.73 Å². The van der Waals surface area contributed by atoms with Gasteiger partial charge in [-0.15, -0.1) is 0 Å². The highest BCUT2D eigenvalue weighted by atomic mass is 14.6. The van der Waals surface area contributed by atoms with Crippen LogP contribution in [0.2, 0.25) is 0 Å². The van der Waals surface area contributed by atoms with Gasteiger partial charge in [-0.2, -0.15) is 0 Å². The van der Waals surface area contributed by atoms with E-state index in [9.17, 15) is 0 Å². The van der Waals surface area contributed by atoms with Gasteiger partial charge in [-0.25, -0.2) is 0 Å². The molecule has 106 valence electrons. The minimum absolute atomic E-state index is 0.423. The number of hydrogen-bond donors (Lipinski definition) is 1. The Labute approximate surface area is 118 Å². The van der Waals surface area contributed by atoms with E-state index in [1.165, 1.54) is 44.1 Å². The lowest BCUT2D eigenvalue weighted by Gasteiger charge is -2.26. The second-order valence-electron chi connectivity index (χ2n) is 6.53. The first-order chi connectivity index (χ1) is 9.19. The molecule has 1 saturated carbocycles. The van der Waals surface area contributed by atoms with E-state index >= 15 is 0 Å². The van der Waals surface area contributed by atoms with Crippen molar-refractivity contribution in [2.45, 2.75) is 58.4 Å². The fraction of sp³-hybridized carbons (Fsp3) is 0.667. The van der Waals surface area contributed by atoms with Crippen molar-refractivity contribution in [2.75, 3.05) is 0 Å². The Morgan fingerprint density at radius 1 is 1.16 bits per heavy atom. The van der Waals surface area contributed by atoms with Gasteiger partial charge in [-0.3, -0.25) is 0 Å². The first-order valence-electron chi connectivity index (χ1n) is 7.98. The molecule has 0 aromatic heterocycles. The van der Waals surface area contributed by atoms with Crippen LogP contribution in [0.25, 0.3) is 0 Å². The average molecular weight is 259 g/mol. The molecule has 1 fully saturated rings.